The van der Waals surface area contributed by atoms with E-state index in [0.717, 1.165) is 16.7 Å². The third kappa shape index (κ3) is 4.94. The molecule has 0 radical (unpaired) electrons. The molecule has 0 saturated carbocycles. The van der Waals surface area contributed by atoms with Gasteiger partial charge in [-0.15, -0.1) is 0 Å². The van der Waals surface area contributed by atoms with Gasteiger partial charge in [-0.2, -0.15) is 5.10 Å². The minimum Gasteiger partial charge on any atom is -0.465 e. The van der Waals surface area contributed by atoms with Crippen molar-refractivity contribution < 1.29 is 18.7 Å². The molecule has 1 N–H and O–H groups in total. The van der Waals surface area contributed by atoms with Crippen LogP contribution in [-0.4, -0.2) is 25.2 Å². The number of hydrogen-bond donors (Lipinski definition) is 1. The second-order valence-corrected chi connectivity index (χ2v) is 6.23. The van der Waals surface area contributed by atoms with Crippen molar-refractivity contribution in [3.63, 3.8) is 0 Å². The lowest BCUT2D eigenvalue weighted by molar-refractivity contribution is -0.120. The van der Waals surface area contributed by atoms with Gasteiger partial charge in [-0.25, -0.2) is 10.2 Å². The third-order valence-electron chi connectivity index (χ3n) is 4.08. The quantitative estimate of drug-likeness (QED) is 0.404. The van der Waals surface area contributed by atoms with Gasteiger partial charge in [0.15, 0.2) is 0 Å². The van der Waals surface area contributed by atoms with E-state index in [1.54, 1.807) is 36.4 Å². The Bertz CT molecular complexity index is 986. The molecule has 1 heterocycles. The van der Waals surface area contributed by atoms with E-state index in [-0.39, 0.29) is 18.3 Å². The molecule has 142 valence electrons. The number of nitrogens with zero attached hydrogens (tertiary/aromatic N) is 1. The SMILES string of the molecule is COC(=O)c1ccc(-c2ccc(/C=N\NC(=O)Cc3ccc(C)cc3)o2)cc1. The summed E-state index contributed by atoms with van der Waals surface area (Å²) < 4.78 is 10.4. The van der Waals surface area contributed by atoms with Gasteiger partial charge in [-0.05, 0) is 36.8 Å². The van der Waals surface area contributed by atoms with Crippen LogP contribution in [0, 0.1) is 6.92 Å². The van der Waals surface area contributed by atoms with Crippen molar-refractivity contribution >= 4 is 18.1 Å². The molecule has 0 unspecified atom stereocenters. The van der Waals surface area contributed by atoms with Crippen LogP contribution < -0.4 is 5.43 Å². The fourth-order valence-electron chi connectivity index (χ4n) is 2.56. The summed E-state index contributed by atoms with van der Waals surface area (Å²) in [7, 11) is 1.34. The lowest BCUT2D eigenvalue weighted by Crippen LogP contribution is -2.19. The lowest BCUT2D eigenvalue weighted by atomic mass is 10.1. The Kier molecular flexibility index (Phi) is 6.01. The summed E-state index contributed by atoms with van der Waals surface area (Å²) in [4.78, 5) is 23.4. The summed E-state index contributed by atoms with van der Waals surface area (Å²) in [5.41, 5.74) is 5.85. The van der Waals surface area contributed by atoms with Crippen LogP contribution in [-0.2, 0) is 16.0 Å². The average Bonchev–Trinajstić information content (AvgIpc) is 3.18. The van der Waals surface area contributed by atoms with Crippen molar-refractivity contribution in [3.8, 4) is 11.3 Å². The summed E-state index contributed by atoms with van der Waals surface area (Å²) in [6.45, 7) is 2.00. The predicted octanol–water partition coefficient (Wildman–Crippen LogP) is 3.73. The highest BCUT2D eigenvalue weighted by molar-refractivity contribution is 5.90. The number of rotatable bonds is 6. The number of nitrogens with one attached hydrogen (secondary N) is 1. The van der Waals surface area contributed by atoms with Gasteiger partial charge < -0.3 is 9.15 Å². The average molecular weight is 376 g/mol. The van der Waals surface area contributed by atoms with E-state index in [4.69, 9.17) is 4.42 Å². The van der Waals surface area contributed by atoms with E-state index < -0.39 is 0 Å². The number of furan rings is 1. The van der Waals surface area contributed by atoms with E-state index in [9.17, 15) is 9.59 Å². The van der Waals surface area contributed by atoms with Crippen LogP contribution in [0.2, 0.25) is 0 Å². The molecule has 6 nitrogen and oxygen atoms in total. The molecule has 2 aromatic carbocycles. The maximum Gasteiger partial charge on any atom is 0.337 e. The monoisotopic (exact) mass is 376 g/mol. The topological polar surface area (TPSA) is 80.9 Å². The maximum atomic E-state index is 11.9. The third-order valence-corrected chi connectivity index (χ3v) is 4.08. The molecule has 0 atom stereocenters. The highest BCUT2D eigenvalue weighted by Gasteiger charge is 2.08. The standard InChI is InChI=1S/C22H20N2O4/c1-15-3-5-16(6-4-15)13-21(25)24-23-14-19-11-12-20(28-19)17-7-9-18(10-8-17)22(26)27-2/h3-12,14H,13H2,1-2H3,(H,24,25)/b23-14-. The maximum absolute atomic E-state index is 11.9. The number of carbonyl (C=O) groups excluding carboxylic acids is 2. The second kappa shape index (κ2) is 8.81. The van der Waals surface area contributed by atoms with Crippen LogP contribution in [0.5, 0.6) is 0 Å². The van der Waals surface area contributed by atoms with Gasteiger partial charge in [0.1, 0.15) is 11.5 Å². The van der Waals surface area contributed by atoms with Crippen molar-refractivity contribution in [2.24, 2.45) is 5.10 Å². The second-order valence-electron chi connectivity index (χ2n) is 6.23. The first kappa shape index (κ1) is 19.1. The van der Waals surface area contributed by atoms with Crippen LogP contribution in [0.25, 0.3) is 11.3 Å². The van der Waals surface area contributed by atoms with Gasteiger partial charge in [0.05, 0.1) is 25.3 Å². The zero-order valence-corrected chi connectivity index (χ0v) is 15.6. The molecular formula is C22H20N2O4. The fraction of sp³-hybridized carbons (Fsp3) is 0.136. The van der Waals surface area contributed by atoms with E-state index >= 15 is 0 Å². The van der Waals surface area contributed by atoms with Crippen molar-refractivity contribution in [1.82, 2.24) is 5.43 Å². The van der Waals surface area contributed by atoms with Crippen LogP contribution in [0.15, 0.2) is 70.2 Å². The predicted molar refractivity (Wildman–Crippen MR) is 106 cm³/mol. The van der Waals surface area contributed by atoms with E-state index in [1.165, 1.54) is 13.3 Å². The minimum absolute atomic E-state index is 0.203. The molecule has 0 aliphatic rings. The van der Waals surface area contributed by atoms with Crippen LogP contribution in [0.4, 0.5) is 0 Å². The highest BCUT2D eigenvalue weighted by atomic mass is 16.5. The number of hydrazone groups is 1. The first-order valence-corrected chi connectivity index (χ1v) is 8.71. The summed E-state index contributed by atoms with van der Waals surface area (Å²) in [5, 5.41) is 3.93. The largest absolute Gasteiger partial charge is 0.465 e. The zero-order chi connectivity index (χ0) is 19.9. The summed E-state index contributed by atoms with van der Waals surface area (Å²) in [6, 6.07) is 18.2. The summed E-state index contributed by atoms with van der Waals surface area (Å²) in [6.07, 6.45) is 1.70. The molecular weight excluding hydrogens is 356 g/mol. The number of aryl methyl sites for hydroxylation is 1. The summed E-state index contributed by atoms with van der Waals surface area (Å²) in [5.74, 6) is 0.539. The summed E-state index contributed by atoms with van der Waals surface area (Å²) >= 11 is 0. The molecule has 0 spiro atoms. The molecule has 0 aliphatic heterocycles. The molecule has 28 heavy (non-hydrogen) atoms. The number of ether oxygens (including phenoxy) is 1. The Labute approximate surface area is 162 Å². The van der Waals surface area contributed by atoms with Gasteiger partial charge in [-0.3, -0.25) is 4.79 Å². The number of methoxy groups -OCH3 is 1. The van der Waals surface area contributed by atoms with Gasteiger partial charge in [0, 0.05) is 5.56 Å². The fourth-order valence-corrected chi connectivity index (χ4v) is 2.56. The Morgan fingerprint density at radius 3 is 2.43 bits per heavy atom. The molecule has 0 saturated heterocycles. The van der Waals surface area contributed by atoms with Crippen molar-refractivity contribution in [1.29, 1.82) is 0 Å². The van der Waals surface area contributed by atoms with E-state index in [1.807, 2.05) is 31.2 Å². The number of carbonyl (C=O) groups is 2. The van der Waals surface area contributed by atoms with Crippen LogP contribution >= 0.6 is 0 Å². The first-order chi connectivity index (χ1) is 13.5. The number of hydrogen-bond acceptors (Lipinski definition) is 5. The zero-order valence-electron chi connectivity index (χ0n) is 15.6. The minimum atomic E-state index is -0.389. The highest BCUT2D eigenvalue weighted by Crippen LogP contribution is 2.22. The number of amides is 1. The molecule has 1 amide bonds. The molecule has 1 aromatic heterocycles. The van der Waals surface area contributed by atoms with Crippen molar-refractivity contribution in [2.75, 3.05) is 7.11 Å². The van der Waals surface area contributed by atoms with E-state index in [2.05, 4.69) is 15.3 Å². The molecule has 3 rings (SSSR count). The molecule has 0 fully saturated rings. The van der Waals surface area contributed by atoms with E-state index in [0.29, 0.717) is 17.1 Å². The first-order valence-electron chi connectivity index (χ1n) is 8.71. The Morgan fingerprint density at radius 1 is 1.04 bits per heavy atom. The van der Waals surface area contributed by atoms with Gasteiger partial charge in [0.2, 0.25) is 5.91 Å². The Balaban J connectivity index is 1.57. The van der Waals surface area contributed by atoms with Gasteiger partial charge >= 0.3 is 5.97 Å². The van der Waals surface area contributed by atoms with Gasteiger partial charge in [0.25, 0.3) is 0 Å². The van der Waals surface area contributed by atoms with Crippen molar-refractivity contribution in [2.45, 2.75) is 13.3 Å². The molecule has 3 aromatic rings. The molecule has 0 aliphatic carbocycles. The van der Waals surface area contributed by atoms with Crippen molar-refractivity contribution in [3.05, 3.63) is 83.1 Å². The normalized spacial score (nSPS) is 10.8. The number of benzene rings is 2. The number of esters is 1. The van der Waals surface area contributed by atoms with Crippen LogP contribution in [0.1, 0.15) is 27.2 Å². The lowest BCUT2D eigenvalue weighted by Gasteiger charge is -2.01. The smallest absolute Gasteiger partial charge is 0.337 e. The van der Waals surface area contributed by atoms with Crippen LogP contribution in [0.3, 0.4) is 0 Å². The Morgan fingerprint density at radius 2 is 1.75 bits per heavy atom. The molecule has 6 heteroatoms. The Hall–Kier alpha value is -3.67. The molecule has 0 bridgehead atoms. The van der Waals surface area contributed by atoms with Gasteiger partial charge in [-0.1, -0.05) is 42.0 Å².